The second kappa shape index (κ2) is 4.90. The highest BCUT2D eigenvalue weighted by atomic mass is 32.1. The monoisotopic (exact) mass is 236 g/mol. The third-order valence-corrected chi connectivity index (χ3v) is 2.70. The van der Waals surface area contributed by atoms with E-state index < -0.39 is 0 Å². The molecule has 0 aliphatic heterocycles. The Labute approximate surface area is 97.9 Å². The van der Waals surface area contributed by atoms with Crippen LogP contribution in [-0.4, -0.2) is 11.7 Å². The highest BCUT2D eigenvalue weighted by molar-refractivity contribution is 7.11. The normalized spacial score (nSPS) is 10.1. The van der Waals surface area contributed by atoms with Crippen LogP contribution in [0.4, 0.5) is 0 Å². The van der Waals surface area contributed by atoms with Gasteiger partial charge in [-0.1, -0.05) is 6.07 Å². The van der Waals surface area contributed by atoms with Crippen molar-refractivity contribution in [1.82, 2.24) is 0 Å². The number of benzene rings is 1. The lowest BCUT2D eigenvalue weighted by molar-refractivity contribution is 0.314. The molecule has 0 fully saturated rings. The first kappa shape index (κ1) is 10.8. The Morgan fingerprint density at radius 3 is 2.81 bits per heavy atom. The second-order valence-corrected chi connectivity index (χ2v) is 3.98. The van der Waals surface area contributed by atoms with Gasteiger partial charge in [0.25, 0.3) is 0 Å². The molecule has 0 bridgehead atoms. The Kier molecular flexibility index (Phi) is 3.31. The third kappa shape index (κ3) is 2.28. The van der Waals surface area contributed by atoms with E-state index in [0.29, 0.717) is 18.1 Å². The van der Waals surface area contributed by atoms with E-state index in [-0.39, 0.29) is 5.75 Å². The molecule has 0 aliphatic rings. The van der Waals surface area contributed by atoms with Gasteiger partial charge in [-0.05, 0) is 36.6 Å². The molecule has 0 unspecified atom stereocenters. The van der Waals surface area contributed by atoms with Crippen LogP contribution < -0.4 is 9.47 Å². The van der Waals surface area contributed by atoms with Gasteiger partial charge in [0.2, 0.25) is 5.75 Å². The summed E-state index contributed by atoms with van der Waals surface area (Å²) in [6.07, 6.45) is 0. The molecule has 1 aromatic heterocycles. The molecule has 4 heteroatoms. The Hall–Kier alpha value is -1.68. The number of hydrogen-bond acceptors (Lipinski definition) is 4. The van der Waals surface area contributed by atoms with Crippen LogP contribution in [0.1, 0.15) is 6.92 Å². The van der Waals surface area contributed by atoms with E-state index in [9.17, 15) is 5.11 Å². The fourth-order valence-electron chi connectivity index (χ4n) is 1.30. The lowest BCUT2D eigenvalue weighted by atomic mass is 10.3. The summed E-state index contributed by atoms with van der Waals surface area (Å²) in [6.45, 7) is 2.42. The van der Waals surface area contributed by atoms with Crippen molar-refractivity contribution in [3.63, 3.8) is 0 Å². The number of hydrogen-bond donors (Lipinski definition) is 1. The largest absolute Gasteiger partial charge is 0.504 e. The summed E-state index contributed by atoms with van der Waals surface area (Å²) in [4.78, 5) is 0. The zero-order chi connectivity index (χ0) is 11.4. The molecule has 0 aliphatic carbocycles. The van der Waals surface area contributed by atoms with Gasteiger partial charge >= 0.3 is 0 Å². The average molecular weight is 236 g/mol. The molecule has 2 rings (SSSR count). The van der Waals surface area contributed by atoms with Gasteiger partial charge in [-0.3, -0.25) is 0 Å². The highest BCUT2D eigenvalue weighted by Gasteiger charge is 2.11. The van der Waals surface area contributed by atoms with Gasteiger partial charge in [-0.2, -0.15) is 0 Å². The molecular formula is C12H12O3S. The van der Waals surface area contributed by atoms with E-state index >= 15 is 0 Å². The van der Waals surface area contributed by atoms with E-state index in [1.807, 2.05) is 24.4 Å². The quantitative estimate of drug-likeness (QED) is 0.880. The van der Waals surface area contributed by atoms with Gasteiger partial charge < -0.3 is 14.6 Å². The third-order valence-electron chi connectivity index (χ3n) is 1.96. The molecule has 1 aromatic carbocycles. The van der Waals surface area contributed by atoms with E-state index in [1.165, 1.54) is 11.3 Å². The fourth-order valence-corrected chi connectivity index (χ4v) is 1.88. The first-order valence-electron chi connectivity index (χ1n) is 4.97. The van der Waals surface area contributed by atoms with Gasteiger partial charge in [0, 0.05) is 0 Å². The van der Waals surface area contributed by atoms with Crippen LogP contribution in [-0.2, 0) is 0 Å². The van der Waals surface area contributed by atoms with Crippen LogP contribution >= 0.6 is 11.3 Å². The number of phenolic OH excluding ortho intramolecular Hbond substituents is 1. The zero-order valence-corrected chi connectivity index (χ0v) is 9.66. The number of para-hydroxylation sites is 1. The Morgan fingerprint density at radius 1 is 1.25 bits per heavy atom. The SMILES string of the molecule is CCOc1cccc(O)c1Oc1cccs1. The molecule has 1 N–H and O–H groups in total. The summed E-state index contributed by atoms with van der Waals surface area (Å²) in [7, 11) is 0. The molecule has 3 nitrogen and oxygen atoms in total. The maximum absolute atomic E-state index is 9.72. The van der Waals surface area contributed by atoms with Gasteiger partial charge in [0.05, 0.1) is 6.61 Å². The summed E-state index contributed by atoms with van der Waals surface area (Å²) in [6, 6.07) is 8.80. The van der Waals surface area contributed by atoms with Crippen LogP contribution in [0.3, 0.4) is 0 Å². The van der Waals surface area contributed by atoms with E-state index in [1.54, 1.807) is 18.2 Å². The lowest BCUT2D eigenvalue weighted by Gasteiger charge is -2.11. The van der Waals surface area contributed by atoms with Crippen LogP contribution in [0.15, 0.2) is 35.7 Å². The summed E-state index contributed by atoms with van der Waals surface area (Å²) in [5.74, 6) is 1.00. The van der Waals surface area contributed by atoms with Crippen molar-refractivity contribution in [3.8, 4) is 22.3 Å². The minimum atomic E-state index is 0.0827. The van der Waals surface area contributed by atoms with Crippen molar-refractivity contribution in [1.29, 1.82) is 0 Å². The van der Waals surface area contributed by atoms with Gasteiger partial charge in [0.15, 0.2) is 16.6 Å². The Morgan fingerprint density at radius 2 is 2.12 bits per heavy atom. The lowest BCUT2D eigenvalue weighted by Crippen LogP contribution is -1.94. The van der Waals surface area contributed by atoms with Crippen molar-refractivity contribution in [2.75, 3.05) is 6.61 Å². The molecule has 16 heavy (non-hydrogen) atoms. The summed E-state index contributed by atoms with van der Waals surface area (Å²) in [5.41, 5.74) is 0. The number of aromatic hydroxyl groups is 1. The molecule has 0 radical (unpaired) electrons. The predicted molar refractivity (Wildman–Crippen MR) is 63.7 cm³/mol. The minimum absolute atomic E-state index is 0.0827. The zero-order valence-electron chi connectivity index (χ0n) is 8.84. The van der Waals surface area contributed by atoms with Crippen LogP contribution in [0, 0.1) is 0 Å². The molecular weight excluding hydrogens is 224 g/mol. The molecule has 0 atom stereocenters. The molecule has 84 valence electrons. The summed E-state index contributed by atoms with van der Waals surface area (Å²) < 4.78 is 11.0. The van der Waals surface area contributed by atoms with Gasteiger partial charge in [-0.25, -0.2) is 0 Å². The molecule has 0 spiro atoms. The molecule has 0 saturated carbocycles. The van der Waals surface area contributed by atoms with Crippen molar-refractivity contribution in [2.24, 2.45) is 0 Å². The highest BCUT2D eigenvalue weighted by Crippen LogP contribution is 2.40. The van der Waals surface area contributed by atoms with E-state index in [4.69, 9.17) is 9.47 Å². The van der Waals surface area contributed by atoms with E-state index in [2.05, 4.69) is 0 Å². The Bertz CT molecular complexity index is 451. The van der Waals surface area contributed by atoms with Crippen molar-refractivity contribution in [2.45, 2.75) is 6.92 Å². The first-order valence-corrected chi connectivity index (χ1v) is 5.85. The number of rotatable bonds is 4. The summed E-state index contributed by atoms with van der Waals surface area (Å²) in [5, 5.41) is 12.4. The predicted octanol–water partition coefficient (Wildman–Crippen LogP) is 3.64. The van der Waals surface area contributed by atoms with Crippen molar-refractivity contribution < 1.29 is 14.6 Å². The van der Waals surface area contributed by atoms with Crippen molar-refractivity contribution >= 4 is 11.3 Å². The smallest absolute Gasteiger partial charge is 0.212 e. The van der Waals surface area contributed by atoms with Crippen LogP contribution in [0.2, 0.25) is 0 Å². The molecule has 2 aromatic rings. The summed E-state index contributed by atoms with van der Waals surface area (Å²) >= 11 is 1.46. The van der Waals surface area contributed by atoms with Crippen LogP contribution in [0.25, 0.3) is 0 Å². The average Bonchev–Trinajstić information content (AvgIpc) is 2.76. The van der Waals surface area contributed by atoms with E-state index in [0.717, 1.165) is 5.06 Å². The van der Waals surface area contributed by atoms with Crippen LogP contribution in [0.5, 0.6) is 22.3 Å². The number of phenols is 1. The maximum Gasteiger partial charge on any atom is 0.212 e. The standard InChI is InChI=1S/C12H12O3S/c1-2-14-10-6-3-5-9(13)12(10)15-11-7-4-8-16-11/h3-8,13H,2H2,1H3. The fraction of sp³-hybridized carbons (Fsp3) is 0.167. The van der Waals surface area contributed by atoms with Gasteiger partial charge in [-0.15, -0.1) is 11.3 Å². The minimum Gasteiger partial charge on any atom is -0.504 e. The number of ether oxygens (including phenoxy) is 2. The number of thiophene rings is 1. The van der Waals surface area contributed by atoms with Crippen molar-refractivity contribution in [3.05, 3.63) is 35.7 Å². The molecule has 1 heterocycles. The molecule has 0 amide bonds. The maximum atomic E-state index is 9.72. The first-order chi connectivity index (χ1) is 7.81. The molecule has 0 saturated heterocycles. The Balaban J connectivity index is 2.30. The second-order valence-electron chi connectivity index (χ2n) is 3.07. The van der Waals surface area contributed by atoms with Gasteiger partial charge in [0.1, 0.15) is 0 Å². The topological polar surface area (TPSA) is 38.7 Å².